The van der Waals surface area contributed by atoms with Crippen molar-refractivity contribution in [2.45, 2.75) is 27.0 Å². The first-order chi connectivity index (χ1) is 10.2. The van der Waals surface area contributed by atoms with Gasteiger partial charge in [0.1, 0.15) is 18.1 Å². The monoisotopic (exact) mass is 286 g/mol. The molecular formula is C17H22N2O2. The van der Waals surface area contributed by atoms with E-state index in [0.717, 1.165) is 40.4 Å². The van der Waals surface area contributed by atoms with Crippen molar-refractivity contribution in [3.05, 3.63) is 52.8 Å². The van der Waals surface area contributed by atoms with Crippen LogP contribution in [0.2, 0.25) is 0 Å². The Morgan fingerprint density at radius 1 is 1.19 bits per heavy atom. The van der Waals surface area contributed by atoms with Crippen LogP contribution in [0.5, 0.6) is 11.5 Å². The molecule has 0 unspecified atom stereocenters. The average Bonchev–Trinajstić information content (AvgIpc) is 2.49. The molecule has 0 aliphatic heterocycles. The zero-order valence-corrected chi connectivity index (χ0v) is 13.1. The minimum atomic E-state index is 0.434. The Bertz CT molecular complexity index is 612. The lowest BCUT2D eigenvalue weighted by Crippen LogP contribution is -2.09. The minimum absolute atomic E-state index is 0.434. The van der Waals surface area contributed by atoms with Gasteiger partial charge in [-0.05, 0) is 27.0 Å². The number of aryl methyl sites for hydroxylation is 1. The van der Waals surface area contributed by atoms with Crippen LogP contribution < -0.4 is 14.8 Å². The maximum Gasteiger partial charge on any atom is 0.131 e. The fraction of sp³-hybridized carbons (Fsp3) is 0.353. The quantitative estimate of drug-likeness (QED) is 0.886. The van der Waals surface area contributed by atoms with E-state index in [1.165, 1.54) is 0 Å². The van der Waals surface area contributed by atoms with Gasteiger partial charge in [0.2, 0.25) is 0 Å². The number of hydrogen-bond acceptors (Lipinski definition) is 4. The van der Waals surface area contributed by atoms with Crippen LogP contribution >= 0.6 is 0 Å². The smallest absolute Gasteiger partial charge is 0.131 e. The van der Waals surface area contributed by atoms with E-state index in [9.17, 15) is 0 Å². The zero-order valence-electron chi connectivity index (χ0n) is 13.1. The highest BCUT2D eigenvalue weighted by Gasteiger charge is 2.10. The Morgan fingerprint density at radius 2 is 1.95 bits per heavy atom. The van der Waals surface area contributed by atoms with Crippen LogP contribution in [-0.4, -0.2) is 19.1 Å². The fourth-order valence-electron chi connectivity index (χ4n) is 2.34. The number of pyridine rings is 1. The molecule has 112 valence electrons. The number of nitrogens with one attached hydrogen (secondary N) is 1. The molecular weight excluding hydrogens is 264 g/mol. The second-order valence-corrected chi connectivity index (χ2v) is 4.97. The molecule has 1 aromatic heterocycles. The first-order valence-corrected chi connectivity index (χ1v) is 7.01. The van der Waals surface area contributed by atoms with Gasteiger partial charge in [0.25, 0.3) is 0 Å². The predicted octanol–water partition coefficient (Wildman–Crippen LogP) is 3.01. The largest absolute Gasteiger partial charge is 0.496 e. The second kappa shape index (κ2) is 7.09. The SMILES string of the molecule is CNCc1ccccc1OCc1ncc(C)c(OC)c1C. The minimum Gasteiger partial charge on any atom is -0.496 e. The van der Waals surface area contributed by atoms with Crippen LogP contribution in [0.15, 0.2) is 30.5 Å². The molecule has 0 fully saturated rings. The molecule has 0 spiro atoms. The number of rotatable bonds is 6. The molecule has 4 heteroatoms. The van der Waals surface area contributed by atoms with Crippen LogP contribution in [0.4, 0.5) is 0 Å². The predicted molar refractivity (Wildman–Crippen MR) is 83.8 cm³/mol. The van der Waals surface area contributed by atoms with Crippen LogP contribution in [0.3, 0.4) is 0 Å². The van der Waals surface area contributed by atoms with E-state index in [1.807, 2.05) is 45.3 Å². The van der Waals surface area contributed by atoms with Gasteiger partial charge < -0.3 is 14.8 Å². The van der Waals surface area contributed by atoms with Gasteiger partial charge in [-0.3, -0.25) is 4.98 Å². The van der Waals surface area contributed by atoms with Crippen molar-refractivity contribution in [3.8, 4) is 11.5 Å². The Kier molecular flexibility index (Phi) is 5.17. The van der Waals surface area contributed by atoms with Crippen molar-refractivity contribution in [1.82, 2.24) is 10.3 Å². The Balaban J connectivity index is 2.17. The molecule has 1 N–H and O–H groups in total. The molecule has 4 nitrogen and oxygen atoms in total. The van der Waals surface area contributed by atoms with E-state index >= 15 is 0 Å². The highest BCUT2D eigenvalue weighted by atomic mass is 16.5. The van der Waals surface area contributed by atoms with Crippen molar-refractivity contribution in [2.75, 3.05) is 14.2 Å². The van der Waals surface area contributed by atoms with Crippen LogP contribution in [0, 0.1) is 13.8 Å². The molecule has 0 atom stereocenters. The first kappa shape index (κ1) is 15.3. The molecule has 1 heterocycles. The van der Waals surface area contributed by atoms with Crippen LogP contribution in [0.25, 0.3) is 0 Å². The first-order valence-electron chi connectivity index (χ1n) is 7.01. The summed E-state index contributed by atoms with van der Waals surface area (Å²) in [5, 5.41) is 3.14. The number of hydrogen-bond donors (Lipinski definition) is 1. The summed E-state index contributed by atoms with van der Waals surface area (Å²) in [7, 11) is 3.61. The third kappa shape index (κ3) is 3.52. The van der Waals surface area contributed by atoms with E-state index < -0.39 is 0 Å². The molecule has 0 radical (unpaired) electrons. The van der Waals surface area contributed by atoms with Gasteiger partial charge in [-0.25, -0.2) is 0 Å². The van der Waals surface area contributed by atoms with E-state index in [-0.39, 0.29) is 0 Å². The third-order valence-electron chi connectivity index (χ3n) is 3.45. The standard InChI is InChI=1S/C17H22N2O2/c1-12-9-19-15(13(2)17(12)20-4)11-21-16-8-6-5-7-14(16)10-18-3/h5-9,18H,10-11H2,1-4H3. The maximum absolute atomic E-state index is 5.94. The average molecular weight is 286 g/mol. The lowest BCUT2D eigenvalue weighted by molar-refractivity contribution is 0.295. The molecule has 2 rings (SSSR count). The van der Waals surface area contributed by atoms with Crippen molar-refractivity contribution in [2.24, 2.45) is 0 Å². The van der Waals surface area contributed by atoms with Crippen molar-refractivity contribution < 1.29 is 9.47 Å². The van der Waals surface area contributed by atoms with Gasteiger partial charge >= 0.3 is 0 Å². The fourth-order valence-corrected chi connectivity index (χ4v) is 2.34. The summed E-state index contributed by atoms with van der Waals surface area (Å²) in [6.45, 7) is 5.21. The Hall–Kier alpha value is -2.07. The molecule has 0 aliphatic rings. The summed E-state index contributed by atoms with van der Waals surface area (Å²) >= 11 is 0. The molecule has 0 amide bonds. The van der Waals surface area contributed by atoms with Gasteiger partial charge in [0.05, 0.1) is 12.8 Å². The van der Waals surface area contributed by atoms with E-state index in [1.54, 1.807) is 7.11 Å². The third-order valence-corrected chi connectivity index (χ3v) is 3.45. The molecule has 0 aliphatic carbocycles. The maximum atomic E-state index is 5.94. The number of nitrogens with zero attached hydrogens (tertiary/aromatic N) is 1. The topological polar surface area (TPSA) is 43.4 Å². The molecule has 2 aromatic rings. The molecule has 1 aromatic carbocycles. The van der Waals surface area contributed by atoms with Crippen molar-refractivity contribution in [1.29, 1.82) is 0 Å². The summed E-state index contributed by atoms with van der Waals surface area (Å²) in [5.74, 6) is 1.76. The number of benzene rings is 1. The summed E-state index contributed by atoms with van der Waals surface area (Å²) in [6.07, 6.45) is 1.82. The van der Waals surface area contributed by atoms with Gasteiger partial charge in [-0.2, -0.15) is 0 Å². The normalized spacial score (nSPS) is 10.5. The molecule has 21 heavy (non-hydrogen) atoms. The molecule has 0 saturated heterocycles. The summed E-state index contributed by atoms with van der Waals surface area (Å²) in [5.41, 5.74) is 4.10. The van der Waals surface area contributed by atoms with Gasteiger partial charge in [-0.15, -0.1) is 0 Å². The highest BCUT2D eigenvalue weighted by Crippen LogP contribution is 2.25. The van der Waals surface area contributed by atoms with E-state index in [0.29, 0.717) is 6.61 Å². The molecule has 0 saturated carbocycles. The van der Waals surface area contributed by atoms with E-state index in [4.69, 9.17) is 9.47 Å². The molecule has 0 bridgehead atoms. The summed E-state index contributed by atoms with van der Waals surface area (Å²) in [6, 6.07) is 8.03. The van der Waals surface area contributed by atoms with Gasteiger partial charge in [0.15, 0.2) is 0 Å². The summed E-state index contributed by atoms with van der Waals surface area (Å²) < 4.78 is 11.4. The highest BCUT2D eigenvalue weighted by molar-refractivity contribution is 5.41. The number of para-hydroxylation sites is 1. The van der Waals surface area contributed by atoms with Gasteiger partial charge in [-0.1, -0.05) is 18.2 Å². The van der Waals surface area contributed by atoms with Crippen molar-refractivity contribution >= 4 is 0 Å². The number of ether oxygens (including phenoxy) is 2. The second-order valence-electron chi connectivity index (χ2n) is 4.97. The van der Waals surface area contributed by atoms with E-state index in [2.05, 4.69) is 16.4 Å². The zero-order chi connectivity index (χ0) is 15.2. The van der Waals surface area contributed by atoms with Crippen molar-refractivity contribution in [3.63, 3.8) is 0 Å². The lowest BCUT2D eigenvalue weighted by atomic mass is 10.1. The summed E-state index contributed by atoms with van der Waals surface area (Å²) in [4.78, 5) is 4.46. The Labute approximate surface area is 126 Å². The Morgan fingerprint density at radius 3 is 2.67 bits per heavy atom. The lowest BCUT2D eigenvalue weighted by Gasteiger charge is -2.14. The number of aromatic nitrogens is 1. The van der Waals surface area contributed by atoms with Crippen LogP contribution in [-0.2, 0) is 13.2 Å². The van der Waals surface area contributed by atoms with Crippen LogP contribution in [0.1, 0.15) is 22.4 Å². The van der Waals surface area contributed by atoms with Gasteiger partial charge in [0, 0.05) is 29.4 Å². The number of methoxy groups -OCH3 is 1.